The SMILES string of the molecule is NC1(N)C=CC=C(C(C2=CC=CC(N)(N)C2)(C(F)(F)F)C(F)(F)F)C1. The van der Waals surface area contributed by atoms with E-state index in [-0.39, 0.29) is 0 Å². The molecular formula is C15H18F6N4. The molecule has 0 bridgehead atoms. The van der Waals surface area contributed by atoms with E-state index in [1.165, 1.54) is 0 Å². The van der Waals surface area contributed by atoms with E-state index >= 15 is 0 Å². The number of nitrogens with two attached hydrogens (primary N) is 4. The van der Waals surface area contributed by atoms with Gasteiger partial charge in [0.05, 0.1) is 11.3 Å². The monoisotopic (exact) mass is 368 g/mol. The molecule has 0 unspecified atom stereocenters. The molecule has 140 valence electrons. The van der Waals surface area contributed by atoms with Gasteiger partial charge in [-0.05, 0) is 11.1 Å². The van der Waals surface area contributed by atoms with Gasteiger partial charge in [0.1, 0.15) is 0 Å². The minimum Gasteiger partial charge on any atom is -0.310 e. The first-order valence-corrected chi connectivity index (χ1v) is 7.19. The topological polar surface area (TPSA) is 104 Å². The predicted molar refractivity (Wildman–Crippen MR) is 80.4 cm³/mol. The van der Waals surface area contributed by atoms with Gasteiger partial charge in [-0.1, -0.05) is 36.5 Å². The second-order valence-electron chi connectivity index (χ2n) is 6.43. The van der Waals surface area contributed by atoms with Gasteiger partial charge in [0.25, 0.3) is 0 Å². The largest absolute Gasteiger partial charge is 0.410 e. The summed E-state index contributed by atoms with van der Waals surface area (Å²) in [5.41, 5.74) is 12.3. The highest BCUT2D eigenvalue weighted by Crippen LogP contribution is 2.62. The van der Waals surface area contributed by atoms with Crippen molar-refractivity contribution in [1.29, 1.82) is 0 Å². The second-order valence-corrected chi connectivity index (χ2v) is 6.43. The van der Waals surface area contributed by atoms with E-state index < -0.39 is 53.1 Å². The number of hydrogen-bond acceptors (Lipinski definition) is 4. The molecule has 0 saturated heterocycles. The van der Waals surface area contributed by atoms with Crippen molar-refractivity contribution in [1.82, 2.24) is 0 Å². The average Bonchev–Trinajstić information content (AvgIpc) is 2.33. The maximum atomic E-state index is 13.9. The number of allylic oxidation sites excluding steroid dienone is 4. The van der Waals surface area contributed by atoms with Gasteiger partial charge < -0.3 is 22.9 Å². The Morgan fingerprint density at radius 1 is 0.680 bits per heavy atom. The fourth-order valence-electron chi connectivity index (χ4n) is 3.19. The molecule has 25 heavy (non-hydrogen) atoms. The van der Waals surface area contributed by atoms with Crippen molar-refractivity contribution in [2.45, 2.75) is 36.5 Å². The van der Waals surface area contributed by atoms with Crippen molar-refractivity contribution in [3.05, 3.63) is 47.6 Å². The summed E-state index contributed by atoms with van der Waals surface area (Å²) in [6, 6.07) is 0. The molecule has 0 atom stereocenters. The summed E-state index contributed by atoms with van der Waals surface area (Å²) < 4.78 is 83.6. The van der Waals surface area contributed by atoms with Crippen molar-refractivity contribution in [3.63, 3.8) is 0 Å². The fraction of sp³-hybridized carbons (Fsp3) is 0.467. The van der Waals surface area contributed by atoms with Gasteiger partial charge >= 0.3 is 12.4 Å². The van der Waals surface area contributed by atoms with E-state index in [0.29, 0.717) is 0 Å². The number of hydrogen-bond donors (Lipinski definition) is 4. The van der Waals surface area contributed by atoms with Crippen LogP contribution in [0.2, 0.25) is 0 Å². The van der Waals surface area contributed by atoms with Crippen LogP contribution < -0.4 is 22.9 Å². The molecule has 0 aromatic rings. The molecule has 2 aliphatic rings. The zero-order valence-electron chi connectivity index (χ0n) is 13.0. The van der Waals surface area contributed by atoms with E-state index in [4.69, 9.17) is 22.9 Å². The molecule has 2 rings (SSSR count). The van der Waals surface area contributed by atoms with E-state index in [9.17, 15) is 26.3 Å². The molecule has 10 heteroatoms. The van der Waals surface area contributed by atoms with Crippen LogP contribution in [0, 0.1) is 5.41 Å². The van der Waals surface area contributed by atoms with Crippen molar-refractivity contribution < 1.29 is 26.3 Å². The maximum absolute atomic E-state index is 13.9. The summed E-state index contributed by atoms with van der Waals surface area (Å²) in [6.45, 7) is 0. The lowest BCUT2D eigenvalue weighted by atomic mass is 9.65. The van der Waals surface area contributed by atoms with E-state index in [0.717, 1.165) is 36.5 Å². The Hall–Kier alpha value is -1.62. The molecule has 0 saturated carbocycles. The summed E-state index contributed by atoms with van der Waals surface area (Å²) in [7, 11) is 0. The van der Waals surface area contributed by atoms with E-state index in [1.807, 2.05) is 0 Å². The Labute approximate surface area is 139 Å². The Morgan fingerprint density at radius 2 is 1.00 bits per heavy atom. The molecule has 0 amide bonds. The summed E-state index contributed by atoms with van der Waals surface area (Å²) >= 11 is 0. The lowest BCUT2D eigenvalue weighted by molar-refractivity contribution is -0.312. The Morgan fingerprint density at radius 3 is 1.24 bits per heavy atom. The maximum Gasteiger partial charge on any atom is 0.410 e. The predicted octanol–water partition coefficient (Wildman–Crippen LogP) is 2.10. The van der Waals surface area contributed by atoms with Crippen molar-refractivity contribution in [3.8, 4) is 0 Å². The van der Waals surface area contributed by atoms with Crippen LogP contribution in [0.15, 0.2) is 47.6 Å². The first-order valence-electron chi connectivity index (χ1n) is 7.19. The highest BCUT2D eigenvalue weighted by atomic mass is 19.4. The van der Waals surface area contributed by atoms with Gasteiger partial charge in [-0.2, -0.15) is 26.3 Å². The third-order valence-corrected chi connectivity index (χ3v) is 4.21. The van der Waals surface area contributed by atoms with Crippen LogP contribution in [0.5, 0.6) is 0 Å². The van der Waals surface area contributed by atoms with Gasteiger partial charge in [-0.15, -0.1) is 0 Å². The Balaban J connectivity index is 2.77. The van der Waals surface area contributed by atoms with Crippen LogP contribution in [0.4, 0.5) is 26.3 Å². The molecule has 2 aliphatic carbocycles. The minimum absolute atomic E-state index is 0.743. The Bertz CT molecular complexity index is 606. The lowest BCUT2D eigenvalue weighted by Gasteiger charge is -2.45. The van der Waals surface area contributed by atoms with Crippen molar-refractivity contribution in [2.75, 3.05) is 0 Å². The minimum atomic E-state index is -5.70. The van der Waals surface area contributed by atoms with Crippen molar-refractivity contribution >= 4 is 0 Å². The molecule has 0 radical (unpaired) electrons. The van der Waals surface area contributed by atoms with Crippen LogP contribution in [0.3, 0.4) is 0 Å². The first kappa shape index (κ1) is 19.7. The van der Waals surface area contributed by atoms with Crippen LogP contribution in [-0.2, 0) is 0 Å². The highest BCUT2D eigenvalue weighted by molar-refractivity contribution is 5.44. The summed E-state index contributed by atoms with van der Waals surface area (Å²) in [4.78, 5) is 0. The Kier molecular flexibility index (Phi) is 4.49. The lowest BCUT2D eigenvalue weighted by Crippen LogP contribution is -2.59. The molecule has 0 aliphatic heterocycles. The molecule has 0 aromatic heterocycles. The molecule has 0 spiro atoms. The van der Waals surface area contributed by atoms with E-state index in [2.05, 4.69) is 0 Å². The first-order chi connectivity index (χ1) is 11.1. The highest BCUT2D eigenvalue weighted by Gasteiger charge is 2.74. The fourth-order valence-corrected chi connectivity index (χ4v) is 3.19. The standard InChI is InChI=1S/C15H18F6N4/c16-14(17,18)13(15(19,20)21,9-3-1-5-11(22,23)7-9)10-4-2-6-12(24,25)8-10/h1-6H,7-8,22-25H2. The molecule has 0 fully saturated rings. The molecular weight excluding hydrogens is 350 g/mol. The van der Waals surface area contributed by atoms with Crippen LogP contribution in [0.25, 0.3) is 0 Å². The van der Waals surface area contributed by atoms with Gasteiger partial charge in [0, 0.05) is 12.8 Å². The van der Waals surface area contributed by atoms with Crippen LogP contribution in [-0.4, -0.2) is 23.7 Å². The molecule has 0 heterocycles. The van der Waals surface area contributed by atoms with Crippen LogP contribution >= 0.6 is 0 Å². The molecule has 0 aromatic carbocycles. The second kappa shape index (κ2) is 5.70. The summed E-state index contributed by atoms with van der Waals surface area (Å²) in [5, 5.41) is 0. The average molecular weight is 368 g/mol. The summed E-state index contributed by atoms with van der Waals surface area (Å²) in [5.74, 6) is 0. The quantitative estimate of drug-likeness (QED) is 0.443. The van der Waals surface area contributed by atoms with Gasteiger partial charge in [0.2, 0.25) is 5.41 Å². The third kappa shape index (κ3) is 3.39. The zero-order valence-corrected chi connectivity index (χ0v) is 13.0. The van der Waals surface area contributed by atoms with Crippen LogP contribution in [0.1, 0.15) is 12.8 Å². The van der Waals surface area contributed by atoms with E-state index in [1.54, 1.807) is 0 Å². The number of halogens is 6. The molecule has 4 nitrogen and oxygen atoms in total. The normalized spacial score (nSPS) is 23.3. The van der Waals surface area contributed by atoms with Gasteiger partial charge in [-0.3, -0.25) is 0 Å². The number of rotatable bonds is 2. The molecule has 8 N–H and O–H groups in total. The third-order valence-electron chi connectivity index (χ3n) is 4.21. The van der Waals surface area contributed by atoms with Gasteiger partial charge in [0.15, 0.2) is 0 Å². The zero-order chi connectivity index (χ0) is 19.3. The van der Waals surface area contributed by atoms with Gasteiger partial charge in [-0.25, -0.2) is 0 Å². The van der Waals surface area contributed by atoms with Crippen molar-refractivity contribution in [2.24, 2.45) is 28.3 Å². The smallest absolute Gasteiger partial charge is 0.310 e. The summed E-state index contributed by atoms with van der Waals surface area (Å²) in [6.07, 6.45) is -7.32. The number of alkyl halides is 6.